The summed E-state index contributed by atoms with van der Waals surface area (Å²) in [5, 5.41) is 3.72. The molecule has 6 heteroatoms. The van der Waals surface area contributed by atoms with Gasteiger partial charge in [-0.15, -0.1) is 0 Å². The Morgan fingerprint density at radius 2 is 2.15 bits per heavy atom. The van der Waals surface area contributed by atoms with Crippen LogP contribution in [0.5, 0.6) is 0 Å². The van der Waals surface area contributed by atoms with E-state index in [1.807, 2.05) is 0 Å². The molecule has 0 amide bonds. The fraction of sp³-hybridized carbons (Fsp3) is 0.357. The highest BCUT2D eigenvalue weighted by Crippen LogP contribution is 2.38. The molecule has 1 aromatic heterocycles. The van der Waals surface area contributed by atoms with Crippen molar-refractivity contribution < 1.29 is 18.0 Å². The molecule has 1 atom stereocenters. The van der Waals surface area contributed by atoms with E-state index in [4.69, 9.17) is 15.0 Å². The van der Waals surface area contributed by atoms with Crippen LogP contribution in [-0.2, 0) is 4.74 Å². The van der Waals surface area contributed by atoms with Crippen LogP contribution in [0.15, 0.2) is 22.7 Å². The molecule has 3 rings (SSSR count). The fourth-order valence-electron chi connectivity index (χ4n) is 2.50. The summed E-state index contributed by atoms with van der Waals surface area (Å²) in [6.07, 6.45) is 1.76. The normalized spacial score (nSPS) is 19.2. The van der Waals surface area contributed by atoms with Gasteiger partial charge in [0.1, 0.15) is 11.6 Å². The molecule has 106 valence electrons. The maximum Gasteiger partial charge on any atom is 0.175 e. The molecule has 1 fully saturated rings. The lowest BCUT2D eigenvalue weighted by atomic mass is 9.93. The molecule has 0 spiro atoms. The van der Waals surface area contributed by atoms with Crippen molar-refractivity contribution in [3.8, 4) is 11.1 Å². The van der Waals surface area contributed by atoms with Gasteiger partial charge in [-0.2, -0.15) is 0 Å². The van der Waals surface area contributed by atoms with Crippen LogP contribution in [0.25, 0.3) is 11.1 Å². The second-order valence-electron chi connectivity index (χ2n) is 4.85. The van der Waals surface area contributed by atoms with Crippen molar-refractivity contribution in [3.05, 3.63) is 35.6 Å². The minimum Gasteiger partial charge on any atom is -0.381 e. The topological polar surface area (TPSA) is 61.3 Å². The lowest BCUT2D eigenvalue weighted by Gasteiger charge is -2.20. The SMILES string of the molecule is Nc1noc(C2CCCOC2)c1-c1ccc(F)cc1F. The predicted octanol–water partition coefficient (Wildman–Crippen LogP) is 3.10. The third-order valence-electron chi connectivity index (χ3n) is 3.48. The Morgan fingerprint density at radius 3 is 2.85 bits per heavy atom. The number of ether oxygens (including phenoxy) is 1. The van der Waals surface area contributed by atoms with Gasteiger partial charge in [-0.3, -0.25) is 0 Å². The molecular formula is C14H14F2N2O2. The van der Waals surface area contributed by atoms with Gasteiger partial charge in [-0.05, 0) is 25.0 Å². The van der Waals surface area contributed by atoms with Gasteiger partial charge in [0.05, 0.1) is 12.2 Å². The molecular weight excluding hydrogens is 266 g/mol. The number of aromatic nitrogens is 1. The van der Waals surface area contributed by atoms with Crippen molar-refractivity contribution in [1.29, 1.82) is 0 Å². The summed E-state index contributed by atoms with van der Waals surface area (Å²) in [5.41, 5.74) is 6.38. The largest absolute Gasteiger partial charge is 0.381 e. The van der Waals surface area contributed by atoms with Crippen LogP contribution >= 0.6 is 0 Å². The van der Waals surface area contributed by atoms with E-state index in [9.17, 15) is 8.78 Å². The molecule has 0 aliphatic carbocycles. The Morgan fingerprint density at radius 1 is 1.30 bits per heavy atom. The molecule has 2 heterocycles. The zero-order valence-corrected chi connectivity index (χ0v) is 10.7. The molecule has 0 radical (unpaired) electrons. The number of nitrogens with two attached hydrogens (primary N) is 1. The summed E-state index contributed by atoms with van der Waals surface area (Å²) < 4.78 is 37.6. The average molecular weight is 280 g/mol. The second kappa shape index (κ2) is 5.20. The summed E-state index contributed by atoms with van der Waals surface area (Å²) in [6.45, 7) is 1.20. The highest BCUT2D eigenvalue weighted by Gasteiger charge is 2.27. The van der Waals surface area contributed by atoms with E-state index in [-0.39, 0.29) is 17.3 Å². The van der Waals surface area contributed by atoms with Gasteiger partial charge in [-0.1, -0.05) is 5.16 Å². The zero-order chi connectivity index (χ0) is 14.1. The number of nitrogens with zero attached hydrogens (tertiary/aromatic N) is 1. The Balaban J connectivity index is 2.06. The van der Waals surface area contributed by atoms with Crippen LogP contribution in [0.2, 0.25) is 0 Å². The molecule has 1 unspecified atom stereocenters. The number of nitrogen functional groups attached to an aromatic ring is 1. The van der Waals surface area contributed by atoms with Gasteiger partial charge in [0.15, 0.2) is 11.6 Å². The summed E-state index contributed by atoms with van der Waals surface area (Å²) in [7, 11) is 0. The Kier molecular flexibility index (Phi) is 3.40. The minimum absolute atomic E-state index is 0.00648. The second-order valence-corrected chi connectivity index (χ2v) is 4.85. The standard InChI is InChI=1S/C14H14F2N2O2/c15-9-3-4-10(11(16)6-9)12-13(20-18-14(12)17)8-2-1-5-19-7-8/h3-4,6,8H,1-2,5,7H2,(H2,17,18). The lowest BCUT2D eigenvalue weighted by molar-refractivity contribution is 0.0723. The van der Waals surface area contributed by atoms with E-state index in [1.54, 1.807) is 0 Å². The van der Waals surface area contributed by atoms with Crippen molar-refractivity contribution in [3.63, 3.8) is 0 Å². The molecule has 0 bridgehead atoms. The van der Waals surface area contributed by atoms with Gasteiger partial charge < -0.3 is 15.0 Å². The fourth-order valence-corrected chi connectivity index (χ4v) is 2.50. The molecule has 1 saturated heterocycles. The van der Waals surface area contributed by atoms with Crippen LogP contribution in [-0.4, -0.2) is 18.4 Å². The number of hydrogen-bond donors (Lipinski definition) is 1. The van der Waals surface area contributed by atoms with E-state index >= 15 is 0 Å². The Hall–Kier alpha value is -1.95. The van der Waals surface area contributed by atoms with Gasteiger partial charge in [0, 0.05) is 24.2 Å². The first kappa shape index (κ1) is 13.1. The van der Waals surface area contributed by atoms with Gasteiger partial charge in [0.2, 0.25) is 0 Å². The Labute approximate surface area is 114 Å². The molecule has 2 aromatic rings. The Bertz CT molecular complexity index is 622. The third kappa shape index (κ3) is 2.27. The lowest BCUT2D eigenvalue weighted by Crippen LogP contribution is -2.15. The van der Waals surface area contributed by atoms with Gasteiger partial charge >= 0.3 is 0 Å². The van der Waals surface area contributed by atoms with E-state index < -0.39 is 11.6 Å². The smallest absolute Gasteiger partial charge is 0.175 e. The van der Waals surface area contributed by atoms with Crippen molar-refractivity contribution in [2.45, 2.75) is 18.8 Å². The summed E-state index contributed by atoms with van der Waals surface area (Å²) in [4.78, 5) is 0. The molecule has 0 saturated carbocycles. The predicted molar refractivity (Wildman–Crippen MR) is 69.1 cm³/mol. The van der Waals surface area contributed by atoms with Crippen LogP contribution in [0.4, 0.5) is 14.6 Å². The van der Waals surface area contributed by atoms with Crippen molar-refractivity contribution in [2.75, 3.05) is 18.9 Å². The quantitative estimate of drug-likeness (QED) is 0.918. The minimum atomic E-state index is -0.683. The van der Waals surface area contributed by atoms with E-state index in [0.29, 0.717) is 24.5 Å². The van der Waals surface area contributed by atoms with Crippen molar-refractivity contribution >= 4 is 5.82 Å². The molecule has 20 heavy (non-hydrogen) atoms. The molecule has 4 nitrogen and oxygen atoms in total. The van der Waals surface area contributed by atoms with Crippen LogP contribution < -0.4 is 5.73 Å². The van der Waals surface area contributed by atoms with Gasteiger partial charge in [-0.25, -0.2) is 8.78 Å². The van der Waals surface area contributed by atoms with E-state index in [0.717, 1.165) is 18.9 Å². The zero-order valence-electron chi connectivity index (χ0n) is 10.7. The van der Waals surface area contributed by atoms with Crippen LogP contribution in [0.3, 0.4) is 0 Å². The summed E-state index contributed by atoms with van der Waals surface area (Å²) in [5.74, 6) is -0.710. The molecule has 2 N–H and O–H groups in total. The highest BCUT2D eigenvalue weighted by atomic mass is 19.1. The van der Waals surface area contributed by atoms with Crippen molar-refractivity contribution in [2.24, 2.45) is 0 Å². The number of halogens is 2. The summed E-state index contributed by atoms with van der Waals surface area (Å²) in [6, 6.07) is 3.36. The molecule has 1 aliphatic rings. The monoisotopic (exact) mass is 280 g/mol. The number of hydrogen-bond acceptors (Lipinski definition) is 4. The number of anilines is 1. The van der Waals surface area contributed by atoms with Crippen LogP contribution in [0, 0.1) is 11.6 Å². The van der Waals surface area contributed by atoms with Crippen molar-refractivity contribution in [1.82, 2.24) is 5.16 Å². The first-order chi connectivity index (χ1) is 9.66. The van der Waals surface area contributed by atoms with Gasteiger partial charge in [0.25, 0.3) is 0 Å². The first-order valence-corrected chi connectivity index (χ1v) is 6.45. The summed E-state index contributed by atoms with van der Waals surface area (Å²) >= 11 is 0. The maximum atomic E-state index is 13.9. The number of rotatable bonds is 2. The molecule has 1 aliphatic heterocycles. The third-order valence-corrected chi connectivity index (χ3v) is 3.48. The average Bonchev–Trinajstić information content (AvgIpc) is 2.82. The van der Waals surface area contributed by atoms with Crippen LogP contribution in [0.1, 0.15) is 24.5 Å². The molecule has 1 aromatic carbocycles. The van der Waals surface area contributed by atoms with E-state index in [1.165, 1.54) is 12.1 Å². The first-order valence-electron chi connectivity index (χ1n) is 6.45. The number of benzene rings is 1. The maximum absolute atomic E-state index is 13.9. The van der Waals surface area contributed by atoms with E-state index in [2.05, 4.69) is 5.16 Å². The highest BCUT2D eigenvalue weighted by molar-refractivity contribution is 5.76.